The summed E-state index contributed by atoms with van der Waals surface area (Å²) in [6, 6.07) is 0. The number of nitrogens with zero attached hydrogens (tertiary/aromatic N) is 2. The molecule has 1 saturated heterocycles. The van der Waals surface area contributed by atoms with Gasteiger partial charge in [0.2, 0.25) is 0 Å². The second-order valence-electron chi connectivity index (χ2n) is 7.88. The number of unbranched alkanes of at least 4 members (excludes halogenated alkanes) is 1. The highest BCUT2D eigenvalue weighted by Crippen LogP contribution is 2.19. The van der Waals surface area contributed by atoms with Crippen molar-refractivity contribution in [2.45, 2.75) is 60.3 Å². The van der Waals surface area contributed by atoms with Gasteiger partial charge in [-0.25, -0.2) is 0 Å². The minimum absolute atomic E-state index is 0.480. The lowest BCUT2D eigenvalue weighted by atomic mass is 9.92. The highest BCUT2D eigenvalue weighted by atomic mass is 15.3. The summed E-state index contributed by atoms with van der Waals surface area (Å²) in [5.41, 5.74) is 0.480. The molecule has 0 N–H and O–H groups in total. The van der Waals surface area contributed by atoms with E-state index in [1.807, 2.05) is 0 Å². The molecule has 1 heterocycles. The summed E-state index contributed by atoms with van der Waals surface area (Å²) in [5.74, 6) is 0.870. The van der Waals surface area contributed by atoms with Gasteiger partial charge in [0.15, 0.2) is 0 Å². The van der Waals surface area contributed by atoms with E-state index in [1.54, 1.807) is 0 Å². The third-order valence-corrected chi connectivity index (χ3v) is 4.15. The van der Waals surface area contributed by atoms with Crippen LogP contribution in [0.25, 0.3) is 0 Å². The Hall–Kier alpha value is -0.0800. The van der Waals surface area contributed by atoms with Gasteiger partial charge in [0.1, 0.15) is 0 Å². The third kappa shape index (κ3) is 8.65. The fraction of sp³-hybridized carbons (Fsp3) is 1.00. The molecule has 2 nitrogen and oxygen atoms in total. The van der Waals surface area contributed by atoms with E-state index in [2.05, 4.69) is 44.4 Å². The van der Waals surface area contributed by atoms with Gasteiger partial charge in [0.05, 0.1) is 0 Å². The molecule has 1 rings (SSSR count). The quantitative estimate of drug-likeness (QED) is 0.647. The summed E-state index contributed by atoms with van der Waals surface area (Å²) in [7, 11) is 0. The van der Waals surface area contributed by atoms with Crippen molar-refractivity contribution in [3.63, 3.8) is 0 Å². The fourth-order valence-electron chi connectivity index (χ4n) is 2.62. The van der Waals surface area contributed by atoms with E-state index in [0.29, 0.717) is 5.41 Å². The molecule has 1 aliphatic heterocycles. The van der Waals surface area contributed by atoms with Crippen molar-refractivity contribution in [3.05, 3.63) is 0 Å². The lowest BCUT2D eigenvalue weighted by Gasteiger charge is -2.36. The van der Waals surface area contributed by atoms with E-state index in [-0.39, 0.29) is 0 Å². The second-order valence-corrected chi connectivity index (χ2v) is 7.88. The summed E-state index contributed by atoms with van der Waals surface area (Å²) in [5, 5.41) is 0. The number of piperazine rings is 1. The predicted octanol–water partition coefficient (Wildman–Crippen LogP) is 3.87. The zero-order valence-electron chi connectivity index (χ0n) is 14.0. The van der Waals surface area contributed by atoms with Gasteiger partial charge in [-0.3, -0.25) is 0 Å². The van der Waals surface area contributed by atoms with Crippen molar-refractivity contribution in [1.82, 2.24) is 9.80 Å². The van der Waals surface area contributed by atoms with Gasteiger partial charge in [-0.05, 0) is 37.3 Å². The van der Waals surface area contributed by atoms with Crippen LogP contribution in [-0.2, 0) is 0 Å². The average molecular weight is 268 g/mol. The molecule has 19 heavy (non-hydrogen) atoms. The zero-order valence-corrected chi connectivity index (χ0v) is 14.0. The Morgan fingerprint density at radius 3 is 1.84 bits per heavy atom. The molecule has 0 saturated carbocycles. The molecular weight excluding hydrogens is 232 g/mol. The summed E-state index contributed by atoms with van der Waals surface area (Å²) in [4.78, 5) is 5.31. The highest BCUT2D eigenvalue weighted by Gasteiger charge is 2.18. The highest BCUT2D eigenvalue weighted by molar-refractivity contribution is 4.74. The zero-order chi connectivity index (χ0) is 14.3. The van der Waals surface area contributed by atoms with Crippen LogP contribution in [0.4, 0.5) is 0 Å². The SMILES string of the molecule is CC(C)CCCCN1CCN(CCC(C)(C)C)CC1. The van der Waals surface area contributed by atoms with Crippen LogP contribution >= 0.6 is 0 Å². The Labute approximate surface area is 121 Å². The Bertz CT molecular complexity index is 222. The molecule has 0 bridgehead atoms. The minimum atomic E-state index is 0.480. The van der Waals surface area contributed by atoms with Gasteiger partial charge >= 0.3 is 0 Å². The Balaban J connectivity index is 2.05. The monoisotopic (exact) mass is 268 g/mol. The van der Waals surface area contributed by atoms with Crippen LogP contribution in [0.15, 0.2) is 0 Å². The van der Waals surface area contributed by atoms with E-state index in [4.69, 9.17) is 0 Å². The van der Waals surface area contributed by atoms with Gasteiger partial charge < -0.3 is 9.80 Å². The second kappa shape index (κ2) is 8.26. The molecule has 0 aromatic heterocycles. The first-order valence-electron chi connectivity index (χ1n) is 8.31. The van der Waals surface area contributed by atoms with Crippen LogP contribution in [0.1, 0.15) is 60.3 Å². The van der Waals surface area contributed by atoms with Crippen LogP contribution in [-0.4, -0.2) is 49.1 Å². The molecule has 0 aromatic carbocycles. The Morgan fingerprint density at radius 1 is 0.842 bits per heavy atom. The van der Waals surface area contributed by atoms with Crippen molar-refractivity contribution in [1.29, 1.82) is 0 Å². The topological polar surface area (TPSA) is 6.48 Å². The van der Waals surface area contributed by atoms with Crippen LogP contribution in [0.2, 0.25) is 0 Å². The maximum absolute atomic E-state index is 2.66. The molecule has 0 unspecified atom stereocenters. The fourth-order valence-corrected chi connectivity index (χ4v) is 2.62. The first-order valence-corrected chi connectivity index (χ1v) is 8.31. The van der Waals surface area contributed by atoms with E-state index in [9.17, 15) is 0 Å². The van der Waals surface area contributed by atoms with Crippen molar-refractivity contribution >= 4 is 0 Å². The van der Waals surface area contributed by atoms with Crippen molar-refractivity contribution < 1.29 is 0 Å². The van der Waals surface area contributed by atoms with Crippen molar-refractivity contribution in [2.75, 3.05) is 39.3 Å². The van der Waals surface area contributed by atoms with Crippen LogP contribution in [0.3, 0.4) is 0 Å². The van der Waals surface area contributed by atoms with E-state index >= 15 is 0 Å². The van der Waals surface area contributed by atoms with Crippen LogP contribution in [0, 0.1) is 11.3 Å². The van der Waals surface area contributed by atoms with Gasteiger partial charge in [-0.15, -0.1) is 0 Å². The lowest BCUT2D eigenvalue weighted by molar-refractivity contribution is 0.119. The van der Waals surface area contributed by atoms with Crippen LogP contribution in [0.5, 0.6) is 0 Å². The maximum Gasteiger partial charge on any atom is 0.0110 e. The van der Waals surface area contributed by atoms with Gasteiger partial charge in [-0.2, -0.15) is 0 Å². The molecule has 1 aliphatic rings. The van der Waals surface area contributed by atoms with E-state index in [0.717, 1.165) is 5.92 Å². The van der Waals surface area contributed by atoms with Crippen molar-refractivity contribution in [3.8, 4) is 0 Å². The molecule has 0 radical (unpaired) electrons. The molecule has 0 atom stereocenters. The molecule has 0 amide bonds. The molecule has 114 valence electrons. The number of rotatable bonds is 7. The summed E-state index contributed by atoms with van der Waals surface area (Å²) in [6.07, 6.45) is 5.51. The average Bonchev–Trinajstić information content (AvgIpc) is 2.32. The summed E-state index contributed by atoms with van der Waals surface area (Å²) < 4.78 is 0. The first-order chi connectivity index (χ1) is 8.87. The van der Waals surface area contributed by atoms with E-state index < -0.39 is 0 Å². The smallest absolute Gasteiger partial charge is 0.0110 e. The predicted molar refractivity (Wildman–Crippen MR) is 85.6 cm³/mol. The van der Waals surface area contributed by atoms with Gasteiger partial charge in [0, 0.05) is 26.2 Å². The largest absolute Gasteiger partial charge is 0.301 e. The third-order valence-electron chi connectivity index (χ3n) is 4.15. The number of hydrogen-bond donors (Lipinski definition) is 0. The number of hydrogen-bond acceptors (Lipinski definition) is 2. The van der Waals surface area contributed by atoms with E-state index in [1.165, 1.54) is 65.0 Å². The molecule has 0 aliphatic carbocycles. The molecule has 0 spiro atoms. The molecular formula is C17H36N2. The minimum Gasteiger partial charge on any atom is -0.301 e. The standard InChI is InChI=1S/C17H36N2/c1-16(2)8-6-7-10-18-12-14-19(15-13-18)11-9-17(3,4)5/h16H,6-15H2,1-5H3. The van der Waals surface area contributed by atoms with Gasteiger partial charge in [-0.1, -0.05) is 47.5 Å². The molecule has 1 fully saturated rings. The summed E-state index contributed by atoms with van der Waals surface area (Å²) in [6.45, 7) is 19.4. The normalized spacial score (nSPS) is 19.3. The lowest BCUT2D eigenvalue weighted by Crippen LogP contribution is -2.47. The maximum atomic E-state index is 2.66. The summed E-state index contributed by atoms with van der Waals surface area (Å²) >= 11 is 0. The van der Waals surface area contributed by atoms with Crippen LogP contribution < -0.4 is 0 Å². The first kappa shape index (κ1) is 17.0. The van der Waals surface area contributed by atoms with Gasteiger partial charge in [0.25, 0.3) is 0 Å². The molecule has 0 aromatic rings. The van der Waals surface area contributed by atoms with Crippen molar-refractivity contribution in [2.24, 2.45) is 11.3 Å². The Kier molecular flexibility index (Phi) is 7.38. The molecule has 2 heteroatoms. The Morgan fingerprint density at radius 2 is 1.37 bits per heavy atom.